The SMILES string of the molecule is CC[C@@H](O)CNC1(c2ccc(Br)cc2)CC1. The highest BCUT2D eigenvalue weighted by Crippen LogP contribution is 2.45. The first-order valence-electron chi connectivity index (χ1n) is 5.85. The first-order chi connectivity index (χ1) is 7.66. The maximum Gasteiger partial charge on any atom is 0.0662 e. The molecule has 2 rings (SSSR count). The molecule has 2 nitrogen and oxygen atoms in total. The highest BCUT2D eigenvalue weighted by Gasteiger charge is 2.43. The van der Waals surface area contributed by atoms with Crippen LogP contribution in [0.15, 0.2) is 28.7 Å². The average Bonchev–Trinajstić information content (AvgIpc) is 3.08. The molecular weight excluding hydrogens is 266 g/mol. The second-order valence-electron chi connectivity index (χ2n) is 4.53. The van der Waals surface area contributed by atoms with E-state index >= 15 is 0 Å². The van der Waals surface area contributed by atoms with Crippen LogP contribution in [-0.2, 0) is 5.54 Å². The Balaban J connectivity index is 2.00. The molecule has 16 heavy (non-hydrogen) atoms. The highest BCUT2D eigenvalue weighted by molar-refractivity contribution is 9.10. The van der Waals surface area contributed by atoms with Crippen LogP contribution in [0.1, 0.15) is 31.7 Å². The molecule has 0 aromatic heterocycles. The standard InChI is InChI=1S/C13H18BrNO/c1-2-12(16)9-15-13(7-8-13)10-3-5-11(14)6-4-10/h3-6,12,15-16H,2,7-9H2,1H3/t12-/m1/s1. The fourth-order valence-electron chi connectivity index (χ4n) is 1.92. The summed E-state index contributed by atoms with van der Waals surface area (Å²) < 4.78 is 1.11. The molecular formula is C13H18BrNO. The molecule has 0 heterocycles. The van der Waals surface area contributed by atoms with E-state index in [9.17, 15) is 5.11 Å². The molecule has 1 aromatic carbocycles. The van der Waals surface area contributed by atoms with E-state index in [0.29, 0.717) is 6.54 Å². The molecule has 0 amide bonds. The minimum absolute atomic E-state index is 0.136. The Morgan fingerprint density at radius 3 is 2.50 bits per heavy atom. The van der Waals surface area contributed by atoms with E-state index in [0.717, 1.165) is 10.9 Å². The van der Waals surface area contributed by atoms with Gasteiger partial charge < -0.3 is 10.4 Å². The molecule has 0 aliphatic heterocycles. The van der Waals surface area contributed by atoms with E-state index in [4.69, 9.17) is 0 Å². The number of hydrogen-bond donors (Lipinski definition) is 2. The lowest BCUT2D eigenvalue weighted by Crippen LogP contribution is -2.35. The van der Waals surface area contributed by atoms with Crippen LogP contribution in [0.2, 0.25) is 0 Å². The van der Waals surface area contributed by atoms with Crippen molar-refractivity contribution < 1.29 is 5.11 Å². The van der Waals surface area contributed by atoms with Gasteiger partial charge in [-0.3, -0.25) is 0 Å². The minimum Gasteiger partial charge on any atom is -0.392 e. The monoisotopic (exact) mass is 283 g/mol. The predicted molar refractivity (Wildman–Crippen MR) is 69.4 cm³/mol. The lowest BCUT2D eigenvalue weighted by Gasteiger charge is -2.20. The number of rotatable bonds is 5. The van der Waals surface area contributed by atoms with Gasteiger partial charge in [0.15, 0.2) is 0 Å². The molecule has 0 radical (unpaired) electrons. The van der Waals surface area contributed by atoms with Gasteiger partial charge in [0.1, 0.15) is 0 Å². The van der Waals surface area contributed by atoms with Crippen molar-refractivity contribution in [1.29, 1.82) is 0 Å². The number of nitrogens with one attached hydrogen (secondary N) is 1. The van der Waals surface area contributed by atoms with Crippen molar-refractivity contribution in [3.05, 3.63) is 34.3 Å². The summed E-state index contributed by atoms with van der Waals surface area (Å²) >= 11 is 3.45. The summed E-state index contributed by atoms with van der Waals surface area (Å²) in [6, 6.07) is 8.46. The summed E-state index contributed by atoms with van der Waals surface area (Å²) in [6.07, 6.45) is 2.92. The zero-order valence-electron chi connectivity index (χ0n) is 9.54. The Bertz CT molecular complexity index is 345. The topological polar surface area (TPSA) is 32.3 Å². The quantitative estimate of drug-likeness (QED) is 0.871. The number of halogens is 1. The third-order valence-electron chi connectivity index (χ3n) is 3.29. The molecule has 1 aliphatic carbocycles. The number of aliphatic hydroxyl groups is 1. The van der Waals surface area contributed by atoms with Crippen molar-refractivity contribution in [2.45, 2.75) is 37.8 Å². The third kappa shape index (κ3) is 2.65. The summed E-state index contributed by atoms with van der Waals surface area (Å²) in [5, 5.41) is 13.1. The lowest BCUT2D eigenvalue weighted by molar-refractivity contribution is 0.161. The van der Waals surface area contributed by atoms with Crippen molar-refractivity contribution in [1.82, 2.24) is 5.32 Å². The molecule has 0 spiro atoms. The molecule has 0 unspecified atom stereocenters. The van der Waals surface area contributed by atoms with Crippen molar-refractivity contribution in [3.8, 4) is 0 Å². The van der Waals surface area contributed by atoms with Crippen molar-refractivity contribution >= 4 is 15.9 Å². The van der Waals surface area contributed by atoms with Gasteiger partial charge in [0, 0.05) is 16.6 Å². The maximum absolute atomic E-state index is 9.57. The van der Waals surface area contributed by atoms with Crippen molar-refractivity contribution in [2.24, 2.45) is 0 Å². The van der Waals surface area contributed by atoms with Crippen LogP contribution < -0.4 is 5.32 Å². The summed E-state index contributed by atoms with van der Waals surface area (Å²) in [5.74, 6) is 0. The van der Waals surface area contributed by atoms with E-state index in [2.05, 4.69) is 45.5 Å². The fourth-order valence-corrected chi connectivity index (χ4v) is 2.18. The first-order valence-corrected chi connectivity index (χ1v) is 6.65. The summed E-state index contributed by atoms with van der Waals surface area (Å²) in [7, 11) is 0. The van der Waals surface area contributed by atoms with Crippen LogP contribution in [0.4, 0.5) is 0 Å². The van der Waals surface area contributed by atoms with Crippen molar-refractivity contribution in [2.75, 3.05) is 6.54 Å². The largest absolute Gasteiger partial charge is 0.392 e. The van der Waals surface area contributed by atoms with Gasteiger partial charge in [-0.1, -0.05) is 35.0 Å². The van der Waals surface area contributed by atoms with Gasteiger partial charge in [0.25, 0.3) is 0 Å². The zero-order valence-corrected chi connectivity index (χ0v) is 11.1. The second kappa shape index (κ2) is 4.86. The van der Waals surface area contributed by atoms with Gasteiger partial charge in [-0.2, -0.15) is 0 Å². The van der Waals surface area contributed by atoms with E-state index < -0.39 is 0 Å². The van der Waals surface area contributed by atoms with Crippen LogP contribution in [0.25, 0.3) is 0 Å². The number of aliphatic hydroxyl groups excluding tert-OH is 1. The molecule has 1 aromatic rings. The van der Waals surface area contributed by atoms with E-state index in [1.807, 2.05) is 6.92 Å². The number of hydrogen-bond acceptors (Lipinski definition) is 2. The first kappa shape index (κ1) is 12.1. The van der Waals surface area contributed by atoms with Gasteiger partial charge in [-0.05, 0) is 37.0 Å². The van der Waals surface area contributed by atoms with Crippen LogP contribution in [-0.4, -0.2) is 17.8 Å². The summed E-state index contributed by atoms with van der Waals surface area (Å²) in [4.78, 5) is 0. The molecule has 3 heteroatoms. The number of benzene rings is 1. The third-order valence-corrected chi connectivity index (χ3v) is 3.82. The van der Waals surface area contributed by atoms with E-state index in [1.165, 1.54) is 18.4 Å². The molecule has 1 fully saturated rings. The molecule has 1 atom stereocenters. The fraction of sp³-hybridized carbons (Fsp3) is 0.538. The Morgan fingerprint density at radius 2 is 2.00 bits per heavy atom. The molecule has 1 aliphatic rings. The molecule has 2 N–H and O–H groups in total. The molecule has 1 saturated carbocycles. The normalized spacial score (nSPS) is 19.4. The van der Waals surface area contributed by atoms with Gasteiger partial charge in [0.05, 0.1) is 6.10 Å². The van der Waals surface area contributed by atoms with E-state index in [-0.39, 0.29) is 11.6 Å². The van der Waals surface area contributed by atoms with E-state index in [1.54, 1.807) is 0 Å². The van der Waals surface area contributed by atoms with Crippen LogP contribution in [0.3, 0.4) is 0 Å². The van der Waals surface area contributed by atoms with Crippen molar-refractivity contribution in [3.63, 3.8) is 0 Å². The van der Waals surface area contributed by atoms with Gasteiger partial charge in [-0.25, -0.2) is 0 Å². The summed E-state index contributed by atoms with van der Waals surface area (Å²) in [6.45, 7) is 2.69. The molecule has 0 bridgehead atoms. The highest BCUT2D eigenvalue weighted by atomic mass is 79.9. The Labute approximate surface area is 105 Å². The Hall–Kier alpha value is -0.380. The van der Waals surface area contributed by atoms with Crippen LogP contribution in [0, 0.1) is 0 Å². The average molecular weight is 284 g/mol. The lowest BCUT2D eigenvalue weighted by atomic mass is 10.0. The van der Waals surface area contributed by atoms with Gasteiger partial charge in [-0.15, -0.1) is 0 Å². The smallest absolute Gasteiger partial charge is 0.0662 e. The van der Waals surface area contributed by atoms with Crippen LogP contribution >= 0.6 is 15.9 Å². The maximum atomic E-state index is 9.57. The minimum atomic E-state index is -0.229. The Morgan fingerprint density at radius 1 is 1.38 bits per heavy atom. The predicted octanol–water partition coefficient (Wildman–Crippen LogP) is 2.80. The van der Waals surface area contributed by atoms with Crippen LogP contribution in [0.5, 0.6) is 0 Å². The van der Waals surface area contributed by atoms with Gasteiger partial charge >= 0.3 is 0 Å². The molecule has 0 saturated heterocycles. The second-order valence-corrected chi connectivity index (χ2v) is 5.45. The zero-order chi connectivity index (χ0) is 11.6. The molecule has 88 valence electrons. The summed E-state index contributed by atoms with van der Waals surface area (Å²) in [5.41, 5.74) is 1.47. The Kier molecular flexibility index (Phi) is 3.67. The van der Waals surface area contributed by atoms with Gasteiger partial charge in [0.2, 0.25) is 0 Å².